The van der Waals surface area contributed by atoms with Crippen molar-refractivity contribution >= 4 is 23.3 Å². The minimum absolute atomic E-state index is 0.0338. The zero-order valence-electron chi connectivity index (χ0n) is 21.0. The summed E-state index contributed by atoms with van der Waals surface area (Å²) in [6, 6.07) is 5.89. The summed E-state index contributed by atoms with van der Waals surface area (Å²) in [5, 5.41) is 12.0. The van der Waals surface area contributed by atoms with Crippen LogP contribution in [0.15, 0.2) is 29.6 Å². The highest BCUT2D eigenvalue weighted by Crippen LogP contribution is 2.55. The van der Waals surface area contributed by atoms with Crippen LogP contribution in [0.25, 0.3) is 0 Å². The summed E-state index contributed by atoms with van der Waals surface area (Å²) in [6.07, 6.45) is 11.1. The maximum absolute atomic E-state index is 13.8. The Morgan fingerprint density at radius 2 is 1.65 bits per heavy atom. The van der Waals surface area contributed by atoms with E-state index in [0.717, 1.165) is 62.7 Å². The van der Waals surface area contributed by atoms with E-state index in [1.807, 2.05) is 0 Å². The molecule has 0 aliphatic heterocycles. The van der Waals surface area contributed by atoms with Gasteiger partial charge in [0.25, 0.3) is 5.91 Å². The Balaban J connectivity index is 1.03. The molecule has 5 saturated carbocycles. The van der Waals surface area contributed by atoms with E-state index in [-0.39, 0.29) is 41.9 Å². The number of carbonyl (C=O) groups excluding carboxylic acids is 2. The highest BCUT2D eigenvalue weighted by atomic mass is 32.1. The Hall–Kier alpha value is -2.68. The Labute approximate surface area is 221 Å². The first kappa shape index (κ1) is 24.6. The maximum Gasteiger partial charge on any atom is 0.315 e. The minimum atomic E-state index is -0.430. The molecule has 0 saturated heterocycles. The second-order valence-electron chi connectivity index (χ2n) is 11.6. The van der Waals surface area contributed by atoms with Crippen LogP contribution in [0.1, 0.15) is 79.7 Å². The Morgan fingerprint density at radius 3 is 2.32 bits per heavy atom. The highest BCUT2D eigenvalue weighted by molar-refractivity contribution is 7.09. The third kappa shape index (κ3) is 5.47. The number of urea groups is 1. The zero-order valence-corrected chi connectivity index (χ0v) is 21.8. The van der Waals surface area contributed by atoms with Gasteiger partial charge in [0.15, 0.2) is 11.6 Å². The van der Waals surface area contributed by atoms with E-state index in [1.54, 1.807) is 23.6 Å². The molecule has 3 N–H and O–H groups in total. The normalized spacial score (nSPS) is 32.1. The number of ether oxygens (including phenoxy) is 1. The molecule has 198 valence electrons. The summed E-state index contributed by atoms with van der Waals surface area (Å²) in [5.74, 6) is 1.79. The van der Waals surface area contributed by atoms with E-state index in [1.165, 1.54) is 36.7 Å². The van der Waals surface area contributed by atoms with Gasteiger partial charge in [-0.05, 0) is 81.3 Å². The highest BCUT2D eigenvalue weighted by Gasteiger charge is 2.51. The fourth-order valence-corrected chi connectivity index (χ4v) is 8.30. The van der Waals surface area contributed by atoms with Gasteiger partial charge in [0.05, 0.1) is 6.04 Å². The van der Waals surface area contributed by atoms with E-state index in [4.69, 9.17) is 4.74 Å². The average Bonchev–Trinajstić information content (AvgIpc) is 3.33. The molecule has 2 aromatic rings. The number of rotatable bonds is 7. The molecule has 37 heavy (non-hydrogen) atoms. The first-order chi connectivity index (χ1) is 17.9. The van der Waals surface area contributed by atoms with Gasteiger partial charge in [-0.3, -0.25) is 4.79 Å². The molecule has 1 aromatic carbocycles. The van der Waals surface area contributed by atoms with Gasteiger partial charge in [-0.15, -0.1) is 11.3 Å². The minimum Gasteiger partial charge on any atom is -0.483 e. The standard InChI is InChI=1S/C28H35FN4O3S/c29-20-5-1-4-8-24(20)36-15-25-30-23(16-37-25)26(34)31-21-6-2-3-7-22(21)32-27(35)33-28-12-17-9-18(13-28)11-19(10-17)14-28/h1,4-5,8,16-19,21-22H,2-3,6-7,9-15H2,(H,31,34)(H2,32,33,35). The number of aromatic nitrogens is 1. The fraction of sp³-hybridized carbons (Fsp3) is 0.607. The molecular formula is C28H35FN4O3S. The lowest BCUT2D eigenvalue weighted by Crippen LogP contribution is -2.63. The lowest BCUT2D eigenvalue weighted by atomic mass is 9.53. The van der Waals surface area contributed by atoms with E-state index >= 15 is 0 Å². The van der Waals surface area contributed by atoms with E-state index in [9.17, 15) is 14.0 Å². The van der Waals surface area contributed by atoms with Gasteiger partial charge in [0.1, 0.15) is 17.3 Å². The van der Waals surface area contributed by atoms with Crippen molar-refractivity contribution in [3.05, 3.63) is 46.2 Å². The maximum atomic E-state index is 13.8. The van der Waals surface area contributed by atoms with Crippen molar-refractivity contribution in [2.45, 2.75) is 88.4 Å². The number of benzene rings is 1. The van der Waals surface area contributed by atoms with Crippen molar-refractivity contribution in [1.29, 1.82) is 0 Å². The van der Waals surface area contributed by atoms with Gasteiger partial charge in [-0.2, -0.15) is 0 Å². The Bertz CT molecular complexity index is 1120. The summed E-state index contributed by atoms with van der Waals surface area (Å²) >= 11 is 1.31. The van der Waals surface area contributed by atoms with Crippen molar-refractivity contribution in [1.82, 2.24) is 20.9 Å². The second kappa shape index (κ2) is 10.2. The van der Waals surface area contributed by atoms with E-state index in [2.05, 4.69) is 20.9 Å². The number of carbonyl (C=O) groups is 2. The zero-order chi connectivity index (χ0) is 25.4. The number of para-hydroxylation sites is 1. The quantitative estimate of drug-likeness (QED) is 0.464. The molecule has 0 radical (unpaired) electrons. The van der Waals surface area contributed by atoms with Crippen molar-refractivity contribution in [3.63, 3.8) is 0 Å². The van der Waals surface area contributed by atoms with Crippen LogP contribution in [0.5, 0.6) is 5.75 Å². The second-order valence-corrected chi connectivity index (χ2v) is 12.6. The molecule has 3 amide bonds. The van der Waals surface area contributed by atoms with Crippen molar-refractivity contribution in [2.24, 2.45) is 17.8 Å². The van der Waals surface area contributed by atoms with Gasteiger partial charge in [0.2, 0.25) is 0 Å². The lowest BCUT2D eigenvalue weighted by molar-refractivity contribution is -0.0138. The van der Waals surface area contributed by atoms with Crippen LogP contribution in [0.2, 0.25) is 0 Å². The van der Waals surface area contributed by atoms with Gasteiger partial charge in [0, 0.05) is 17.0 Å². The molecule has 2 atom stereocenters. The number of halogens is 1. The van der Waals surface area contributed by atoms with E-state index in [0.29, 0.717) is 10.7 Å². The van der Waals surface area contributed by atoms with Gasteiger partial charge >= 0.3 is 6.03 Å². The van der Waals surface area contributed by atoms with E-state index < -0.39 is 5.82 Å². The van der Waals surface area contributed by atoms with Crippen LogP contribution < -0.4 is 20.7 Å². The molecule has 7 nitrogen and oxygen atoms in total. The molecular weight excluding hydrogens is 491 g/mol. The lowest BCUT2D eigenvalue weighted by Gasteiger charge is -2.56. The SMILES string of the molecule is O=C(NC1CCCCC1NC(=O)c1csc(COc2ccccc2F)n1)NC12CC3CC(CC(C3)C1)C2. The first-order valence-corrected chi connectivity index (χ1v) is 14.5. The summed E-state index contributed by atoms with van der Waals surface area (Å²) in [5.41, 5.74) is 0.285. The first-order valence-electron chi connectivity index (χ1n) is 13.7. The molecule has 2 unspecified atom stereocenters. The van der Waals surface area contributed by atoms with Crippen molar-refractivity contribution < 1.29 is 18.7 Å². The molecule has 5 fully saturated rings. The number of nitrogens with zero attached hydrogens (tertiary/aromatic N) is 1. The summed E-state index contributed by atoms with van der Waals surface area (Å²) < 4.78 is 19.3. The van der Waals surface area contributed by atoms with Crippen LogP contribution >= 0.6 is 11.3 Å². The van der Waals surface area contributed by atoms with Crippen LogP contribution in [-0.2, 0) is 6.61 Å². The monoisotopic (exact) mass is 526 g/mol. The molecule has 5 aliphatic carbocycles. The predicted octanol–water partition coefficient (Wildman–Crippen LogP) is 5.17. The van der Waals surface area contributed by atoms with Crippen LogP contribution in [0.3, 0.4) is 0 Å². The van der Waals surface area contributed by atoms with Gasteiger partial charge in [-0.25, -0.2) is 14.2 Å². The molecule has 4 bridgehead atoms. The van der Waals surface area contributed by atoms with Crippen LogP contribution in [0, 0.1) is 23.6 Å². The van der Waals surface area contributed by atoms with Crippen LogP contribution in [-0.4, -0.2) is 34.5 Å². The predicted molar refractivity (Wildman–Crippen MR) is 139 cm³/mol. The largest absolute Gasteiger partial charge is 0.483 e. The van der Waals surface area contributed by atoms with Crippen LogP contribution in [0.4, 0.5) is 9.18 Å². The Kier molecular flexibility index (Phi) is 6.82. The number of thiazole rings is 1. The Morgan fingerprint density at radius 1 is 1.00 bits per heavy atom. The molecule has 9 heteroatoms. The average molecular weight is 527 g/mol. The van der Waals surface area contributed by atoms with Crippen molar-refractivity contribution in [2.75, 3.05) is 0 Å². The third-order valence-electron chi connectivity index (χ3n) is 8.79. The topological polar surface area (TPSA) is 92.4 Å². The number of amides is 3. The molecule has 1 heterocycles. The smallest absolute Gasteiger partial charge is 0.315 e. The number of nitrogens with one attached hydrogen (secondary N) is 3. The molecule has 1 aromatic heterocycles. The van der Waals surface area contributed by atoms with Gasteiger partial charge < -0.3 is 20.7 Å². The molecule has 7 rings (SSSR count). The summed E-state index contributed by atoms with van der Waals surface area (Å²) in [4.78, 5) is 30.5. The number of hydrogen-bond acceptors (Lipinski definition) is 5. The molecule has 0 spiro atoms. The number of hydrogen-bond donors (Lipinski definition) is 3. The molecule has 5 aliphatic rings. The summed E-state index contributed by atoms with van der Waals surface area (Å²) in [6.45, 7) is 0.0942. The third-order valence-corrected chi connectivity index (χ3v) is 9.61. The van der Waals surface area contributed by atoms with Crippen molar-refractivity contribution in [3.8, 4) is 5.75 Å². The fourth-order valence-electron chi connectivity index (χ4n) is 7.61. The summed E-state index contributed by atoms with van der Waals surface area (Å²) in [7, 11) is 0. The van der Waals surface area contributed by atoms with Gasteiger partial charge in [-0.1, -0.05) is 25.0 Å².